The Balaban J connectivity index is 1.61. The standard InChI is InChI=1S/C19H19N3O/c1-12-4-2-5-14-10-16(21-17(12)14)19(23)22-18(13-7-8-13)15-6-3-9-20-11-15/h2-6,9-11,13,18,21H,7-8H2,1H3,(H,22,23). The second-order valence-electron chi connectivity index (χ2n) is 6.30. The molecule has 0 aliphatic heterocycles. The van der Waals surface area contributed by atoms with Crippen molar-refractivity contribution in [2.45, 2.75) is 25.8 Å². The smallest absolute Gasteiger partial charge is 0.268 e. The van der Waals surface area contributed by atoms with Crippen LogP contribution in [0.1, 0.15) is 40.5 Å². The van der Waals surface area contributed by atoms with Gasteiger partial charge in [-0.05, 0) is 48.9 Å². The van der Waals surface area contributed by atoms with Crippen molar-refractivity contribution in [3.63, 3.8) is 0 Å². The first-order chi connectivity index (χ1) is 11.2. The Bertz CT molecular complexity index is 849. The number of amides is 1. The fourth-order valence-electron chi connectivity index (χ4n) is 3.11. The van der Waals surface area contributed by atoms with Crippen molar-refractivity contribution in [2.75, 3.05) is 0 Å². The van der Waals surface area contributed by atoms with E-state index in [1.165, 1.54) is 0 Å². The molecule has 2 aromatic heterocycles. The Kier molecular flexibility index (Phi) is 3.37. The summed E-state index contributed by atoms with van der Waals surface area (Å²) in [5.41, 5.74) is 3.87. The van der Waals surface area contributed by atoms with Gasteiger partial charge in [-0.25, -0.2) is 0 Å². The fraction of sp³-hybridized carbons (Fsp3) is 0.263. The molecule has 1 saturated carbocycles. The topological polar surface area (TPSA) is 57.8 Å². The molecule has 2 N–H and O–H groups in total. The minimum atomic E-state index is -0.0543. The third-order valence-electron chi connectivity index (χ3n) is 4.53. The highest BCUT2D eigenvalue weighted by atomic mass is 16.1. The molecule has 1 unspecified atom stereocenters. The highest BCUT2D eigenvalue weighted by Crippen LogP contribution is 2.40. The molecule has 1 aliphatic carbocycles. The van der Waals surface area contributed by atoms with E-state index in [1.807, 2.05) is 49.5 Å². The number of carbonyl (C=O) groups is 1. The Hall–Kier alpha value is -2.62. The zero-order chi connectivity index (χ0) is 15.8. The van der Waals surface area contributed by atoms with E-state index in [0.29, 0.717) is 11.6 Å². The van der Waals surface area contributed by atoms with Gasteiger partial charge in [0.25, 0.3) is 5.91 Å². The van der Waals surface area contributed by atoms with Gasteiger partial charge in [0.1, 0.15) is 5.69 Å². The molecule has 0 radical (unpaired) electrons. The van der Waals surface area contributed by atoms with Crippen molar-refractivity contribution in [3.05, 3.63) is 65.6 Å². The van der Waals surface area contributed by atoms with Crippen molar-refractivity contribution < 1.29 is 4.79 Å². The van der Waals surface area contributed by atoms with Crippen LogP contribution in [0.5, 0.6) is 0 Å². The second-order valence-corrected chi connectivity index (χ2v) is 6.30. The van der Waals surface area contributed by atoms with E-state index in [1.54, 1.807) is 6.20 Å². The summed E-state index contributed by atoms with van der Waals surface area (Å²) in [5, 5.41) is 4.25. The normalized spacial score (nSPS) is 15.5. The molecular formula is C19H19N3O. The molecule has 4 nitrogen and oxygen atoms in total. The Morgan fingerprint density at radius 3 is 2.87 bits per heavy atom. The van der Waals surface area contributed by atoms with Gasteiger partial charge in [-0.3, -0.25) is 9.78 Å². The molecule has 1 fully saturated rings. The lowest BCUT2D eigenvalue weighted by molar-refractivity contribution is 0.0927. The number of aryl methyl sites for hydroxylation is 1. The minimum Gasteiger partial charge on any atom is -0.350 e. The molecule has 1 amide bonds. The van der Waals surface area contributed by atoms with E-state index in [-0.39, 0.29) is 11.9 Å². The highest BCUT2D eigenvalue weighted by Gasteiger charge is 2.33. The Morgan fingerprint density at radius 1 is 1.30 bits per heavy atom. The molecule has 1 aliphatic rings. The van der Waals surface area contributed by atoms with E-state index in [2.05, 4.69) is 15.3 Å². The lowest BCUT2D eigenvalue weighted by atomic mass is 10.0. The van der Waals surface area contributed by atoms with Crippen LogP contribution in [0.3, 0.4) is 0 Å². The maximum atomic E-state index is 12.7. The summed E-state index contributed by atoms with van der Waals surface area (Å²) in [7, 11) is 0. The van der Waals surface area contributed by atoms with Crippen LogP contribution in [0.25, 0.3) is 10.9 Å². The van der Waals surface area contributed by atoms with Crippen LogP contribution in [-0.2, 0) is 0 Å². The summed E-state index contributed by atoms with van der Waals surface area (Å²) in [6.07, 6.45) is 5.92. The molecule has 4 heteroatoms. The number of nitrogens with one attached hydrogen (secondary N) is 2. The van der Waals surface area contributed by atoms with Crippen LogP contribution in [0.4, 0.5) is 0 Å². The molecule has 116 valence electrons. The molecule has 4 rings (SSSR count). The van der Waals surface area contributed by atoms with Gasteiger partial charge in [-0.2, -0.15) is 0 Å². The minimum absolute atomic E-state index is 0.0451. The molecule has 0 bridgehead atoms. The van der Waals surface area contributed by atoms with Gasteiger partial charge in [-0.1, -0.05) is 24.3 Å². The van der Waals surface area contributed by atoms with Crippen LogP contribution in [-0.4, -0.2) is 15.9 Å². The van der Waals surface area contributed by atoms with Crippen LogP contribution < -0.4 is 5.32 Å². The van der Waals surface area contributed by atoms with E-state index in [0.717, 1.165) is 34.9 Å². The van der Waals surface area contributed by atoms with E-state index >= 15 is 0 Å². The number of para-hydroxylation sites is 1. The van der Waals surface area contributed by atoms with Crippen molar-refractivity contribution in [1.82, 2.24) is 15.3 Å². The van der Waals surface area contributed by atoms with Crippen molar-refractivity contribution in [1.29, 1.82) is 0 Å². The Labute approximate surface area is 134 Å². The first-order valence-corrected chi connectivity index (χ1v) is 8.01. The van der Waals surface area contributed by atoms with Crippen LogP contribution in [0.15, 0.2) is 48.8 Å². The predicted molar refractivity (Wildman–Crippen MR) is 90.2 cm³/mol. The number of carbonyl (C=O) groups excluding carboxylic acids is 1. The summed E-state index contributed by atoms with van der Waals surface area (Å²) >= 11 is 0. The Morgan fingerprint density at radius 2 is 2.17 bits per heavy atom. The number of hydrogen-bond acceptors (Lipinski definition) is 2. The third-order valence-corrected chi connectivity index (χ3v) is 4.53. The first kappa shape index (κ1) is 14.0. The van der Waals surface area contributed by atoms with Gasteiger partial charge in [0.05, 0.1) is 6.04 Å². The lowest BCUT2D eigenvalue weighted by Gasteiger charge is -2.17. The molecule has 1 aromatic carbocycles. The van der Waals surface area contributed by atoms with Crippen LogP contribution >= 0.6 is 0 Å². The average molecular weight is 305 g/mol. The van der Waals surface area contributed by atoms with Gasteiger partial charge in [0, 0.05) is 23.3 Å². The average Bonchev–Trinajstić information content (AvgIpc) is 3.31. The summed E-state index contributed by atoms with van der Waals surface area (Å²) in [5.74, 6) is 0.468. The molecule has 1 atom stereocenters. The zero-order valence-electron chi connectivity index (χ0n) is 13.0. The summed E-state index contributed by atoms with van der Waals surface area (Å²) in [4.78, 5) is 20.1. The van der Waals surface area contributed by atoms with Gasteiger partial charge in [0.15, 0.2) is 0 Å². The number of H-pyrrole nitrogens is 1. The number of nitrogens with zero attached hydrogens (tertiary/aromatic N) is 1. The quantitative estimate of drug-likeness (QED) is 0.771. The largest absolute Gasteiger partial charge is 0.350 e. The first-order valence-electron chi connectivity index (χ1n) is 8.01. The maximum Gasteiger partial charge on any atom is 0.268 e. The van der Waals surface area contributed by atoms with Crippen LogP contribution in [0, 0.1) is 12.8 Å². The maximum absolute atomic E-state index is 12.7. The number of aromatic amines is 1. The number of benzene rings is 1. The zero-order valence-corrected chi connectivity index (χ0v) is 13.0. The van der Waals surface area contributed by atoms with Crippen LogP contribution in [0.2, 0.25) is 0 Å². The number of aromatic nitrogens is 2. The molecule has 3 aromatic rings. The predicted octanol–water partition coefficient (Wildman–Crippen LogP) is 3.75. The summed E-state index contributed by atoms with van der Waals surface area (Å²) in [6.45, 7) is 2.04. The number of hydrogen-bond donors (Lipinski definition) is 2. The SMILES string of the molecule is Cc1cccc2cc(C(=O)NC(c3cccnc3)C3CC3)[nH]c12. The van der Waals surface area contributed by atoms with Crippen molar-refractivity contribution in [3.8, 4) is 0 Å². The fourth-order valence-corrected chi connectivity index (χ4v) is 3.11. The van der Waals surface area contributed by atoms with Crippen molar-refractivity contribution in [2.24, 2.45) is 5.92 Å². The molecule has 2 heterocycles. The van der Waals surface area contributed by atoms with E-state index in [4.69, 9.17) is 0 Å². The molecular weight excluding hydrogens is 286 g/mol. The van der Waals surface area contributed by atoms with Gasteiger partial charge >= 0.3 is 0 Å². The van der Waals surface area contributed by atoms with E-state index < -0.39 is 0 Å². The molecule has 0 saturated heterocycles. The number of pyridine rings is 1. The monoisotopic (exact) mass is 305 g/mol. The van der Waals surface area contributed by atoms with Crippen molar-refractivity contribution >= 4 is 16.8 Å². The number of fused-ring (bicyclic) bond motifs is 1. The van der Waals surface area contributed by atoms with Gasteiger partial charge in [0.2, 0.25) is 0 Å². The lowest BCUT2D eigenvalue weighted by Crippen LogP contribution is -2.30. The second kappa shape index (κ2) is 5.54. The van der Waals surface area contributed by atoms with Gasteiger partial charge < -0.3 is 10.3 Å². The summed E-state index contributed by atoms with van der Waals surface area (Å²) in [6, 6.07) is 12.0. The molecule has 0 spiro atoms. The highest BCUT2D eigenvalue weighted by molar-refractivity contribution is 5.98. The summed E-state index contributed by atoms with van der Waals surface area (Å²) < 4.78 is 0. The van der Waals surface area contributed by atoms with Gasteiger partial charge in [-0.15, -0.1) is 0 Å². The number of rotatable bonds is 4. The third kappa shape index (κ3) is 2.72. The van der Waals surface area contributed by atoms with E-state index in [9.17, 15) is 4.79 Å². The molecule has 23 heavy (non-hydrogen) atoms.